The molecule has 1 aliphatic rings. The Kier molecular flexibility index (Phi) is 6.02. The number of halogens is 1. The highest BCUT2D eigenvalue weighted by atomic mass is 35.5. The average molecular weight is 422 g/mol. The predicted octanol–water partition coefficient (Wildman–Crippen LogP) is 4.75. The Hall–Kier alpha value is -2.89. The Morgan fingerprint density at radius 3 is 2.67 bits per heavy atom. The largest absolute Gasteiger partial charge is 0.387 e. The molecule has 0 unspecified atom stereocenters. The first-order valence-corrected chi connectivity index (χ1v) is 10.4. The number of aliphatic hydroxyl groups is 1. The molecule has 1 aliphatic carbocycles. The van der Waals surface area contributed by atoms with Crippen LogP contribution in [-0.4, -0.2) is 28.6 Å². The van der Waals surface area contributed by atoms with Crippen molar-refractivity contribution in [3.05, 3.63) is 82.5 Å². The van der Waals surface area contributed by atoms with Crippen LogP contribution in [0.5, 0.6) is 0 Å². The number of carbonyl (C=O) groups is 1. The number of aryl methyl sites for hydroxylation is 1. The summed E-state index contributed by atoms with van der Waals surface area (Å²) in [5.74, 6) is 0.653. The van der Waals surface area contributed by atoms with Gasteiger partial charge < -0.3 is 15.7 Å². The Morgan fingerprint density at radius 2 is 1.97 bits per heavy atom. The van der Waals surface area contributed by atoms with E-state index in [0.717, 1.165) is 22.5 Å². The van der Waals surface area contributed by atoms with Crippen LogP contribution in [0.4, 0.5) is 5.82 Å². The fourth-order valence-corrected chi connectivity index (χ4v) is 3.47. The lowest BCUT2D eigenvalue weighted by Gasteiger charge is -2.13. The summed E-state index contributed by atoms with van der Waals surface area (Å²) in [4.78, 5) is 16.9. The summed E-state index contributed by atoms with van der Waals surface area (Å²) >= 11 is 5.96. The quantitative estimate of drug-likeness (QED) is 0.514. The van der Waals surface area contributed by atoms with Crippen molar-refractivity contribution in [1.82, 2.24) is 10.3 Å². The minimum Gasteiger partial charge on any atom is -0.387 e. The second-order valence-electron chi connectivity index (χ2n) is 7.66. The van der Waals surface area contributed by atoms with Crippen molar-refractivity contribution in [3.8, 4) is 11.1 Å². The molecule has 6 heteroatoms. The highest BCUT2D eigenvalue weighted by molar-refractivity contribution is 6.30. The molecular weight excluding hydrogens is 398 g/mol. The number of hydrogen-bond acceptors (Lipinski definition) is 4. The summed E-state index contributed by atoms with van der Waals surface area (Å²) in [5, 5.41) is 17.0. The van der Waals surface area contributed by atoms with Crippen molar-refractivity contribution < 1.29 is 9.90 Å². The monoisotopic (exact) mass is 421 g/mol. The lowest BCUT2D eigenvalue weighted by Crippen LogP contribution is -2.28. The van der Waals surface area contributed by atoms with Crippen LogP contribution >= 0.6 is 11.6 Å². The average Bonchev–Trinajstić information content (AvgIpc) is 3.57. The molecule has 1 atom stereocenters. The van der Waals surface area contributed by atoms with Crippen molar-refractivity contribution in [3.63, 3.8) is 0 Å². The highest BCUT2D eigenvalue weighted by Gasteiger charge is 2.21. The van der Waals surface area contributed by atoms with Gasteiger partial charge in [-0.15, -0.1) is 0 Å². The molecule has 0 radical (unpaired) electrons. The Bertz CT molecular complexity index is 1050. The standard InChI is InChI=1S/C24H24ClN3O2/c1-15-13-26-23(28-20-9-10-20)12-21(15)16-5-7-17(8-6-16)24(30)27-14-22(29)18-3-2-4-19(25)11-18/h2-8,11-13,20,22,29H,9-10,14H2,1H3,(H,26,28)(H,27,30)/t22-/m1/s1. The van der Waals surface area contributed by atoms with Gasteiger partial charge in [-0.05, 0) is 72.4 Å². The minimum atomic E-state index is -0.816. The van der Waals surface area contributed by atoms with E-state index in [9.17, 15) is 9.90 Å². The first kappa shape index (κ1) is 20.4. The number of benzene rings is 2. The maximum Gasteiger partial charge on any atom is 0.251 e. The molecule has 3 aromatic rings. The normalized spacial score (nSPS) is 14.2. The van der Waals surface area contributed by atoms with Gasteiger partial charge in [-0.2, -0.15) is 0 Å². The van der Waals surface area contributed by atoms with E-state index in [1.807, 2.05) is 25.3 Å². The summed E-state index contributed by atoms with van der Waals surface area (Å²) in [7, 11) is 0. The number of aliphatic hydroxyl groups excluding tert-OH is 1. The van der Waals surface area contributed by atoms with E-state index in [0.29, 0.717) is 22.2 Å². The van der Waals surface area contributed by atoms with E-state index in [-0.39, 0.29) is 12.5 Å². The van der Waals surface area contributed by atoms with E-state index in [1.165, 1.54) is 12.8 Å². The third kappa shape index (κ3) is 4.99. The van der Waals surface area contributed by atoms with Gasteiger partial charge in [-0.1, -0.05) is 35.9 Å². The highest BCUT2D eigenvalue weighted by Crippen LogP contribution is 2.29. The van der Waals surface area contributed by atoms with Crippen LogP contribution < -0.4 is 10.6 Å². The van der Waals surface area contributed by atoms with Crippen LogP contribution in [0.3, 0.4) is 0 Å². The van der Waals surface area contributed by atoms with E-state index >= 15 is 0 Å². The number of aromatic nitrogens is 1. The molecule has 1 amide bonds. The number of carbonyl (C=O) groups excluding carboxylic acids is 1. The molecule has 2 aromatic carbocycles. The van der Waals surface area contributed by atoms with Crippen molar-refractivity contribution in [2.75, 3.05) is 11.9 Å². The maximum absolute atomic E-state index is 12.5. The first-order chi connectivity index (χ1) is 14.5. The van der Waals surface area contributed by atoms with Crippen LogP contribution in [0, 0.1) is 6.92 Å². The van der Waals surface area contributed by atoms with Crippen LogP contribution in [0.15, 0.2) is 60.8 Å². The van der Waals surface area contributed by atoms with Gasteiger partial charge in [0.1, 0.15) is 5.82 Å². The summed E-state index contributed by atoms with van der Waals surface area (Å²) in [6, 6.07) is 17.1. The number of nitrogens with one attached hydrogen (secondary N) is 2. The summed E-state index contributed by atoms with van der Waals surface area (Å²) in [5.41, 5.74) is 4.42. The molecule has 5 nitrogen and oxygen atoms in total. The van der Waals surface area contributed by atoms with Crippen molar-refractivity contribution in [2.24, 2.45) is 0 Å². The Morgan fingerprint density at radius 1 is 1.20 bits per heavy atom. The molecule has 30 heavy (non-hydrogen) atoms. The molecule has 1 saturated carbocycles. The van der Waals surface area contributed by atoms with E-state index in [4.69, 9.17) is 11.6 Å². The predicted molar refractivity (Wildman–Crippen MR) is 120 cm³/mol. The van der Waals surface area contributed by atoms with Gasteiger partial charge in [0, 0.05) is 29.4 Å². The number of hydrogen-bond donors (Lipinski definition) is 3. The lowest BCUT2D eigenvalue weighted by molar-refractivity contribution is 0.0916. The summed E-state index contributed by atoms with van der Waals surface area (Å²) < 4.78 is 0. The molecule has 1 heterocycles. The SMILES string of the molecule is Cc1cnc(NC2CC2)cc1-c1ccc(C(=O)NC[C@@H](O)c2cccc(Cl)c2)cc1. The summed E-state index contributed by atoms with van der Waals surface area (Å²) in [6.45, 7) is 2.14. The van der Waals surface area contributed by atoms with Crippen LogP contribution in [0.1, 0.15) is 40.4 Å². The molecule has 3 N–H and O–H groups in total. The molecule has 0 saturated heterocycles. The second-order valence-corrected chi connectivity index (χ2v) is 8.10. The fourth-order valence-electron chi connectivity index (χ4n) is 3.27. The number of nitrogens with zero attached hydrogens (tertiary/aromatic N) is 1. The minimum absolute atomic E-state index is 0.112. The van der Waals surface area contributed by atoms with E-state index in [1.54, 1.807) is 36.4 Å². The zero-order chi connectivity index (χ0) is 21.1. The third-order valence-electron chi connectivity index (χ3n) is 5.18. The van der Waals surface area contributed by atoms with Crippen LogP contribution in [-0.2, 0) is 0 Å². The maximum atomic E-state index is 12.5. The van der Waals surface area contributed by atoms with Crippen LogP contribution in [0.2, 0.25) is 5.02 Å². The first-order valence-electron chi connectivity index (χ1n) is 10.0. The molecule has 4 rings (SSSR count). The molecule has 0 bridgehead atoms. The van der Waals surface area contributed by atoms with Gasteiger partial charge in [0.25, 0.3) is 5.91 Å². The molecule has 1 aromatic heterocycles. The van der Waals surface area contributed by atoms with Crippen molar-refractivity contribution in [2.45, 2.75) is 31.9 Å². The number of amides is 1. The second kappa shape index (κ2) is 8.86. The smallest absolute Gasteiger partial charge is 0.251 e. The van der Waals surface area contributed by atoms with Gasteiger partial charge in [-0.3, -0.25) is 4.79 Å². The molecule has 0 spiro atoms. The molecule has 154 valence electrons. The number of pyridine rings is 1. The van der Waals surface area contributed by atoms with Gasteiger partial charge >= 0.3 is 0 Å². The Balaban J connectivity index is 1.41. The topological polar surface area (TPSA) is 74.2 Å². The number of anilines is 1. The van der Waals surface area contributed by atoms with Gasteiger partial charge in [0.15, 0.2) is 0 Å². The molecule has 1 fully saturated rings. The van der Waals surface area contributed by atoms with Crippen molar-refractivity contribution >= 4 is 23.3 Å². The summed E-state index contributed by atoms with van der Waals surface area (Å²) in [6.07, 6.45) is 3.45. The van der Waals surface area contributed by atoms with Gasteiger partial charge in [-0.25, -0.2) is 4.98 Å². The fraction of sp³-hybridized carbons (Fsp3) is 0.250. The van der Waals surface area contributed by atoms with E-state index < -0.39 is 6.10 Å². The number of rotatable bonds is 7. The van der Waals surface area contributed by atoms with Crippen molar-refractivity contribution in [1.29, 1.82) is 0 Å². The van der Waals surface area contributed by atoms with Gasteiger partial charge in [0.05, 0.1) is 6.10 Å². The van der Waals surface area contributed by atoms with E-state index in [2.05, 4.69) is 21.7 Å². The molecular formula is C24H24ClN3O2. The Labute approximate surface area is 181 Å². The van der Waals surface area contributed by atoms with Crippen LogP contribution in [0.25, 0.3) is 11.1 Å². The van der Waals surface area contributed by atoms with Gasteiger partial charge in [0.2, 0.25) is 0 Å². The zero-order valence-corrected chi connectivity index (χ0v) is 17.5. The zero-order valence-electron chi connectivity index (χ0n) is 16.7. The lowest BCUT2D eigenvalue weighted by atomic mass is 10.0. The molecule has 0 aliphatic heterocycles. The third-order valence-corrected chi connectivity index (χ3v) is 5.42.